The van der Waals surface area contributed by atoms with Crippen LogP contribution in [0.3, 0.4) is 0 Å². The van der Waals surface area contributed by atoms with Crippen LogP contribution in [0.5, 0.6) is 0 Å². The molecule has 1 aliphatic carbocycles. The number of carbonyl (C=O) groups is 3. The summed E-state index contributed by atoms with van der Waals surface area (Å²) in [6.07, 6.45) is 0.765. The van der Waals surface area contributed by atoms with E-state index in [1.54, 1.807) is 31.2 Å². The van der Waals surface area contributed by atoms with Gasteiger partial charge in [-0.15, -0.1) is 0 Å². The highest BCUT2D eigenvalue weighted by Gasteiger charge is 2.35. The summed E-state index contributed by atoms with van der Waals surface area (Å²) < 4.78 is 32.6. The third kappa shape index (κ3) is 3.36. The third-order valence-corrected chi connectivity index (χ3v) is 7.50. The second-order valence-electron chi connectivity index (χ2n) is 7.34. The van der Waals surface area contributed by atoms with Crippen LogP contribution in [0.15, 0.2) is 47.4 Å². The fourth-order valence-corrected chi connectivity index (χ4v) is 5.48. The van der Waals surface area contributed by atoms with Crippen molar-refractivity contribution in [3.63, 3.8) is 0 Å². The number of benzene rings is 2. The maximum absolute atomic E-state index is 13.1. The second kappa shape index (κ2) is 7.77. The fraction of sp³-hybridized carbons (Fsp3) is 0.318. The molecule has 0 unspecified atom stereocenters. The number of piperidine rings is 1. The molecule has 0 atom stereocenters. The molecule has 0 N–H and O–H groups in total. The molecule has 1 fully saturated rings. The lowest BCUT2D eigenvalue weighted by atomic mass is 9.84. The zero-order chi connectivity index (χ0) is 21.5. The number of fused-ring (bicyclic) bond motifs is 2. The largest absolute Gasteiger partial charge is 0.466 e. The van der Waals surface area contributed by atoms with Crippen molar-refractivity contribution in [2.45, 2.75) is 24.7 Å². The lowest BCUT2D eigenvalue weighted by Gasteiger charge is -2.30. The van der Waals surface area contributed by atoms with E-state index in [2.05, 4.69) is 0 Å². The van der Waals surface area contributed by atoms with Crippen LogP contribution in [-0.2, 0) is 19.6 Å². The first-order chi connectivity index (χ1) is 14.3. The van der Waals surface area contributed by atoms with Gasteiger partial charge in [-0.3, -0.25) is 14.4 Å². The van der Waals surface area contributed by atoms with Gasteiger partial charge in [0.25, 0.3) is 0 Å². The van der Waals surface area contributed by atoms with Gasteiger partial charge in [-0.1, -0.05) is 24.3 Å². The zero-order valence-electron chi connectivity index (χ0n) is 16.5. The Morgan fingerprint density at radius 3 is 2.13 bits per heavy atom. The number of ether oxygens (including phenoxy) is 1. The highest BCUT2D eigenvalue weighted by Crippen LogP contribution is 2.31. The lowest BCUT2D eigenvalue weighted by Crippen LogP contribution is -2.40. The van der Waals surface area contributed by atoms with E-state index in [4.69, 9.17) is 4.74 Å². The molecular formula is C22H21NO6S. The van der Waals surface area contributed by atoms with E-state index in [0.717, 1.165) is 0 Å². The molecular weight excluding hydrogens is 406 g/mol. The Bertz CT molecular complexity index is 1150. The molecule has 0 bridgehead atoms. The SMILES string of the molecule is CCOC(=O)C1CCN(S(=O)(=O)c2ccc3c(c2)C(=O)c2ccccc2C3=O)CC1. The Morgan fingerprint density at radius 1 is 0.967 bits per heavy atom. The number of nitrogens with zero attached hydrogens (tertiary/aromatic N) is 1. The number of rotatable bonds is 4. The smallest absolute Gasteiger partial charge is 0.309 e. The number of hydrogen-bond acceptors (Lipinski definition) is 6. The van der Waals surface area contributed by atoms with Crippen molar-refractivity contribution in [3.8, 4) is 0 Å². The quantitative estimate of drug-likeness (QED) is 0.593. The van der Waals surface area contributed by atoms with Gasteiger partial charge in [0, 0.05) is 35.3 Å². The number of ketones is 2. The number of hydrogen-bond donors (Lipinski definition) is 0. The minimum absolute atomic E-state index is 0.0311. The third-order valence-electron chi connectivity index (χ3n) is 5.61. The summed E-state index contributed by atoms with van der Waals surface area (Å²) in [5.74, 6) is -1.26. The van der Waals surface area contributed by atoms with Crippen molar-refractivity contribution >= 4 is 27.6 Å². The van der Waals surface area contributed by atoms with E-state index in [1.165, 1.54) is 22.5 Å². The molecule has 8 heteroatoms. The molecule has 0 aromatic heterocycles. The molecule has 4 rings (SSSR count). The van der Waals surface area contributed by atoms with Gasteiger partial charge in [-0.2, -0.15) is 4.31 Å². The maximum Gasteiger partial charge on any atom is 0.309 e. The number of sulfonamides is 1. The molecule has 30 heavy (non-hydrogen) atoms. The predicted octanol–water partition coefficient (Wildman–Crippen LogP) is 2.43. The molecule has 0 saturated carbocycles. The van der Waals surface area contributed by atoms with E-state index in [1.807, 2.05) is 0 Å². The fourth-order valence-electron chi connectivity index (χ4n) is 3.98. The zero-order valence-corrected chi connectivity index (χ0v) is 17.3. The Balaban J connectivity index is 1.61. The van der Waals surface area contributed by atoms with E-state index < -0.39 is 10.0 Å². The lowest BCUT2D eigenvalue weighted by molar-refractivity contribution is -0.149. The minimum Gasteiger partial charge on any atom is -0.466 e. The van der Waals surface area contributed by atoms with Crippen molar-refractivity contribution in [2.75, 3.05) is 19.7 Å². The molecule has 7 nitrogen and oxygen atoms in total. The average Bonchev–Trinajstić information content (AvgIpc) is 2.77. The average molecular weight is 427 g/mol. The number of esters is 1. The molecule has 0 amide bonds. The van der Waals surface area contributed by atoms with Gasteiger partial charge in [0.2, 0.25) is 10.0 Å². The summed E-state index contributed by atoms with van der Waals surface area (Å²) in [6.45, 7) is 2.41. The summed E-state index contributed by atoms with van der Waals surface area (Å²) in [6, 6.07) is 10.6. The molecule has 2 aromatic carbocycles. The summed E-state index contributed by atoms with van der Waals surface area (Å²) in [4.78, 5) is 37.5. The van der Waals surface area contributed by atoms with Gasteiger partial charge >= 0.3 is 5.97 Å². The van der Waals surface area contributed by atoms with Gasteiger partial charge in [-0.05, 0) is 38.0 Å². The van der Waals surface area contributed by atoms with Gasteiger partial charge in [0.1, 0.15) is 0 Å². The van der Waals surface area contributed by atoms with Crippen LogP contribution in [0.2, 0.25) is 0 Å². The minimum atomic E-state index is -3.86. The topological polar surface area (TPSA) is 97.8 Å². The Kier molecular flexibility index (Phi) is 5.29. The van der Waals surface area contributed by atoms with Gasteiger partial charge < -0.3 is 4.74 Å². The van der Waals surface area contributed by atoms with Crippen LogP contribution in [0.4, 0.5) is 0 Å². The van der Waals surface area contributed by atoms with Crippen LogP contribution < -0.4 is 0 Å². The molecule has 2 aromatic rings. The van der Waals surface area contributed by atoms with Crippen molar-refractivity contribution < 1.29 is 27.5 Å². The highest BCUT2D eigenvalue weighted by atomic mass is 32.2. The Labute approximate surface area is 174 Å². The Hall–Kier alpha value is -2.84. The van der Waals surface area contributed by atoms with Crippen molar-refractivity contribution in [2.24, 2.45) is 5.92 Å². The summed E-state index contributed by atoms with van der Waals surface area (Å²) in [7, 11) is -3.86. The van der Waals surface area contributed by atoms with Gasteiger partial charge in [0.05, 0.1) is 17.4 Å². The van der Waals surface area contributed by atoms with E-state index in [-0.39, 0.29) is 58.1 Å². The van der Waals surface area contributed by atoms with E-state index in [9.17, 15) is 22.8 Å². The first-order valence-corrected chi connectivity index (χ1v) is 11.3. The first-order valence-electron chi connectivity index (χ1n) is 9.84. The van der Waals surface area contributed by atoms with Crippen LogP contribution in [-0.4, -0.2) is 50.0 Å². The molecule has 0 spiro atoms. The molecule has 0 radical (unpaired) electrons. The molecule has 1 aliphatic heterocycles. The monoisotopic (exact) mass is 427 g/mol. The maximum atomic E-state index is 13.1. The molecule has 156 valence electrons. The summed E-state index contributed by atoms with van der Waals surface area (Å²) in [5.41, 5.74) is 0.909. The van der Waals surface area contributed by atoms with E-state index >= 15 is 0 Å². The normalized spacial score (nSPS) is 17.4. The standard InChI is InChI=1S/C22H21NO6S/c1-2-29-22(26)14-9-11-23(12-10-14)30(27,28)15-7-8-18-19(13-15)21(25)17-6-4-3-5-16(17)20(18)24/h3-8,13-14H,2,9-12H2,1H3. The van der Waals surface area contributed by atoms with Crippen molar-refractivity contribution in [1.29, 1.82) is 0 Å². The molecule has 1 heterocycles. The summed E-state index contributed by atoms with van der Waals surface area (Å²) >= 11 is 0. The summed E-state index contributed by atoms with van der Waals surface area (Å²) in [5, 5.41) is 0. The van der Waals surface area contributed by atoms with Crippen LogP contribution in [0.1, 0.15) is 51.6 Å². The molecule has 2 aliphatic rings. The first kappa shape index (κ1) is 20.4. The Morgan fingerprint density at radius 2 is 1.53 bits per heavy atom. The number of carbonyl (C=O) groups excluding carboxylic acids is 3. The highest BCUT2D eigenvalue weighted by molar-refractivity contribution is 7.89. The van der Waals surface area contributed by atoms with Crippen LogP contribution in [0.25, 0.3) is 0 Å². The second-order valence-corrected chi connectivity index (χ2v) is 9.28. The van der Waals surface area contributed by atoms with E-state index in [0.29, 0.717) is 25.0 Å². The van der Waals surface area contributed by atoms with Crippen LogP contribution in [0, 0.1) is 5.92 Å². The van der Waals surface area contributed by atoms with Crippen molar-refractivity contribution in [1.82, 2.24) is 4.31 Å². The molecule has 1 saturated heterocycles. The van der Waals surface area contributed by atoms with Crippen molar-refractivity contribution in [3.05, 3.63) is 64.7 Å². The van der Waals surface area contributed by atoms with Gasteiger partial charge in [0.15, 0.2) is 11.6 Å². The van der Waals surface area contributed by atoms with Gasteiger partial charge in [-0.25, -0.2) is 8.42 Å². The predicted molar refractivity (Wildman–Crippen MR) is 108 cm³/mol. The van der Waals surface area contributed by atoms with Crippen LogP contribution >= 0.6 is 0 Å².